The molecule has 0 saturated heterocycles. The van der Waals surface area contributed by atoms with Gasteiger partial charge in [0.2, 0.25) is 0 Å². The van der Waals surface area contributed by atoms with Crippen LogP contribution >= 0.6 is 11.3 Å². The minimum atomic E-state index is -0.0996. The predicted molar refractivity (Wildman–Crippen MR) is 53.0 cm³/mol. The maximum Gasteiger partial charge on any atom is 0.113 e. The molecule has 0 spiro atoms. The number of nitrogens with zero attached hydrogens (tertiary/aromatic N) is 1. The third kappa shape index (κ3) is 1.56. The Morgan fingerprint density at radius 1 is 1.46 bits per heavy atom. The molecule has 1 atom stereocenters. The SMILES string of the molecule is CC(NO)c1nc2ccccc2s1. The van der Waals surface area contributed by atoms with Gasteiger partial charge in [-0.3, -0.25) is 0 Å². The molecular formula is C9H10N2OS. The zero-order valence-electron chi connectivity index (χ0n) is 7.19. The van der Waals surface area contributed by atoms with Gasteiger partial charge in [-0.05, 0) is 19.1 Å². The molecule has 2 rings (SSSR count). The van der Waals surface area contributed by atoms with Crippen molar-refractivity contribution < 1.29 is 5.21 Å². The van der Waals surface area contributed by atoms with E-state index in [9.17, 15) is 0 Å². The Kier molecular flexibility index (Phi) is 2.26. The highest BCUT2D eigenvalue weighted by Gasteiger charge is 2.09. The van der Waals surface area contributed by atoms with Crippen LogP contribution in [-0.2, 0) is 0 Å². The van der Waals surface area contributed by atoms with E-state index < -0.39 is 0 Å². The molecule has 1 aromatic carbocycles. The Balaban J connectivity index is 2.49. The summed E-state index contributed by atoms with van der Waals surface area (Å²) in [5, 5.41) is 9.64. The molecule has 0 aliphatic carbocycles. The summed E-state index contributed by atoms with van der Waals surface area (Å²) in [5.41, 5.74) is 3.18. The van der Waals surface area contributed by atoms with Crippen LogP contribution in [0.2, 0.25) is 0 Å². The van der Waals surface area contributed by atoms with Crippen molar-refractivity contribution >= 4 is 21.6 Å². The maximum absolute atomic E-state index is 8.73. The Morgan fingerprint density at radius 2 is 2.23 bits per heavy atom. The molecule has 0 radical (unpaired) electrons. The van der Waals surface area contributed by atoms with Gasteiger partial charge in [-0.1, -0.05) is 12.1 Å². The Bertz CT molecular complexity index is 380. The van der Waals surface area contributed by atoms with Crippen LogP contribution in [0.15, 0.2) is 24.3 Å². The highest BCUT2D eigenvalue weighted by atomic mass is 32.1. The lowest BCUT2D eigenvalue weighted by Crippen LogP contribution is -2.12. The Labute approximate surface area is 80.0 Å². The predicted octanol–water partition coefficient (Wildman–Crippen LogP) is 2.34. The number of nitrogens with one attached hydrogen (secondary N) is 1. The van der Waals surface area contributed by atoms with Gasteiger partial charge in [0.05, 0.1) is 16.3 Å². The van der Waals surface area contributed by atoms with Crippen LogP contribution in [0.4, 0.5) is 0 Å². The van der Waals surface area contributed by atoms with Crippen molar-refractivity contribution in [1.29, 1.82) is 0 Å². The van der Waals surface area contributed by atoms with E-state index in [1.54, 1.807) is 11.3 Å². The minimum Gasteiger partial charge on any atom is -0.316 e. The topological polar surface area (TPSA) is 45.1 Å². The number of hydrogen-bond acceptors (Lipinski definition) is 4. The molecule has 0 fully saturated rings. The smallest absolute Gasteiger partial charge is 0.113 e. The molecule has 3 nitrogen and oxygen atoms in total. The van der Waals surface area contributed by atoms with Crippen LogP contribution in [-0.4, -0.2) is 10.2 Å². The van der Waals surface area contributed by atoms with E-state index >= 15 is 0 Å². The van der Waals surface area contributed by atoms with Crippen molar-refractivity contribution in [3.05, 3.63) is 29.3 Å². The number of hydroxylamine groups is 1. The molecule has 1 unspecified atom stereocenters. The summed E-state index contributed by atoms with van der Waals surface area (Å²) in [6, 6.07) is 7.85. The Morgan fingerprint density at radius 3 is 2.92 bits per heavy atom. The van der Waals surface area contributed by atoms with E-state index in [0.717, 1.165) is 15.2 Å². The molecular weight excluding hydrogens is 184 g/mol. The van der Waals surface area contributed by atoms with Gasteiger partial charge in [-0.15, -0.1) is 11.3 Å². The quantitative estimate of drug-likeness (QED) is 0.721. The second kappa shape index (κ2) is 3.41. The summed E-state index contributed by atoms with van der Waals surface area (Å²) in [7, 11) is 0. The fraction of sp³-hybridized carbons (Fsp3) is 0.222. The molecule has 0 amide bonds. The monoisotopic (exact) mass is 194 g/mol. The van der Waals surface area contributed by atoms with Crippen LogP contribution in [0.25, 0.3) is 10.2 Å². The Hall–Kier alpha value is -0.970. The van der Waals surface area contributed by atoms with Crippen LogP contribution in [0.5, 0.6) is 0 Å². The zero-order valence-corrected chi connectivity index (χ0v) is 8.01. The maximum atomic E-state index is 8.73. The van der Waals surface area contributed by atoms with E-state index in [4.69, 9.17) is 5.21 Å². The molecule has 68 valence electrons. The van der Waals surface area contributed by atoms with Gasteiger partial charge in [-0.25, -0.2) is 4.98 Å². The average Bonchev–Trinajstić information content (AvgIpc) is 2.59. The third-order valence-electron chi connectivity index (χ3n) is 1.87. The van der Waals surface area contributed by atoms with E-state index in [1.807, 2.05) is 31.2 Å². The minimum absolute atomic E-state index is 0.0996. The summed E-state index contributed by atoms with van der Waals surface area (Å²) >= 11 is 1.60. The van der Waals surface area contributed by atoms with E-state index in [1.165, 1.54) is 0 Å². The second-order valence-electron chi connectivity index (χ2n) is 2.87. The highest BCUT2D eigenvalue weighted by molar-refractivity contribution is 7.18. The van der Waals surface area contributed by atoms with Gasteiger partial charge in [0.25, 0.3) is 0 Å². The molecule has 2 N–H and O–H groups in total. The van der Waals surface area contributed by atoms with Crippen molar-refractivity contribution in [2.45, 2.75) is 13.0 Å². The van der Waals surface area contributed by atoms with Gasteiger partial charge in [0.15, 0.2) is 0 Å². The molecule has 0 aliphatic rings. The fourth-order valence-electron chi connectivity index (χ4n) is 1.13. The summed E-state index contributed by atoms with van der Waals surface area (Å²) in [6.07, 6.45) is 0. The first-order valence-corrected chi connectivity index (χ1v) is 4.88. The van der Waals surface area contributed by atoms with Gasteiger partial charge < -0.3 is 5.21 Å². The van der Waals surface area contributed by atoms with Crippen molar-refractivity contribution in [3.63, 3.8) is 0 Å². The standard InChI is InChI=1S/C9H10N2OS/c1-6(11-12)9-10-7-4-2-3-5-8(7)13-9/h2-6,11-12H,1H3. The molecule has 0 aliphatic heterocycles. The number of para-hydroxylation sites is 1. The number of hydrogen-bond donors (Lipinski definition) is 2. The number of benzene rings is 1. The van der Waals surface area contributed by atoms with Crippen LogP contribution < -0.4 is 5.48 Å². The zero-order chi connectivity index (χ0) is 9.26. The van der Waals surface area contributed by atoms with Gasteiger partial charge in [0.1, 0.15) is 5.01 Å². The first-order valence-electron chi connectivity index (χ1n) is 4.06. The lowest BCUT2D eigenvalue weighted by atomic mass is 10.3. The molecule has 0 bridgehead atoms. The van der Waals surface area contributed by atoms with Crippen molar-refractivity contribution in [1.82, 2.24) is 10.5 Å². The highest BCUT2D eigenvalue weighted by Crippen LogP contribution is 2.25. The number of thiazole rings is 1. The lowest BCUT2D eigenvalue weighted by molar-refractivity contribution is 0.133. The molecule has 0 saturated carbocycles. The first kappa shape index (κ1) is 8.62. The number of aromatic nitrogens is 1. The molecule has 1 aromatic heterocycles. The summed E-state index contributed by atoms with van der Waals surface area (Å²) in [5.74, 6) is 0. The largest absolute Gasteiger partial charge is 0.316 e. The number of fused-ring (bicyclic) bond motifs is 1. The van der Waals surface area contributed by atoms with Crippen LogP contribution in [0, 0.1) is 0 Å². The normalized spacial score (nSPS) is 13.4. The molecule has 1 heterocycles. The van der Waals surface area contributed by atoms with Crippen molar-refractivity contribution in [2.24, 2.45) is 0 Å². The van der Waals surface area contributed by atoms with Gasteiger partial charge in [-0.2, -0.15) is 5.48 Å². The summed E-state index contributed by atoms with van der Waals surface area (Å²) in [4.78, 5) is 4.38. The van der Waals surface area contributed by atoms with Crippen molar-refractivity contribution in [3.8, 4) is 0 Å². The van der Waals surface area contributed by atoms with E-state index in [0.29, 0.717) is 0 Å². The van der Waals surface area contributed by atoms with Gasteiger partial charge >= 0.3 is 0 Å². The fourth-order valence-corrected chi connectivity index (χ4v) is 2.09. The molecule has 4 heteroatoms. The first-order chi connectivity index (χ1) is 6.31. The third-order valence-corrected chi connectivity index (χ3v) is 3.09. The summed E-state index contributed by atoms with van der Waals surface area (Å²) in [6.45, 7) is 1.87. The van der Waals surface area contributed by atoms with Crippen LogP contribution in [0.1, 0.15) is 18.0 Å². The lowest BCUT2D eigenvalue weighted by Gasteiger charge is -2.02. The van der Waals surface area contributed by atoms with E-state index in [-0.39, 0.29) is 6.04 Å². The van der Waals surface area contributed by atoms with Crippen LogP contribution in [0.3, 0.4) is 0 Å². The average molecular weight is 194 g/mol. The van der Waals surface area contributed by atoms with Crippen molar-refractivity contribution in [2.75, 3.05) is 0 Å². The van der Waals surface area contributed by atoms with E-state index in [2.05, 4.69) is 10.5 Å². The molecule has 2 aromatic rings. The second-order valence-corrected chi connectivity index (χ2v) is 3.93. The summed E-state index contributed by atoms with van der Waals surface area (Å²) < 4.78 is 1.15. The van der Waals surface area contributed by atoms with Gasteiger partial charge in [0, 0.05) is 0 Å². The number of rotatable bonds is 2. The molecule has 13 heavy (non-hydrogen) atoms.